The lowest BCUT2D eigenvalue weighted by Gasteiger charge is -2.20. The fraction of sp³-hybridized carbons (Fsp3) is 0.200. The molecule has 3 N–H and O–H groups in total. The highest BCUT2D eigenvalue weighted by Crippen LogP contribution is 2.17. The smallest absolute Gasteiger partial charge is 0.142 e. The monoisotopic (exact) mass is 254 g/mol. The normalized spacial score (nSPS) is 10.2. The molecular formula is C15H18N4. The van der Waals surface area contributed by atoms with E-state index in [0.29, 0.717) is 12.2 Å². The molecule has 1 aromatic heterocycles. The number of anilines is 1. The number of hydrogen-bond acceptors (Lipinski definition) is 3. The third-order valence-corrected chi connectivity index (χ3v) is 3.03. The summed E-state index contributed by atoms with van der Waals surface area (Å²) >= 11 is 0. The zero-order valence-electron chi connectivity index (χ0n) is 11.2. The Kier molecular flexibility index (Phi) is 3.80. The molecule has 4 nitrogen and oxygen atoms in total. The summed E-state index contributed by atoms with van der Waals surface area (Å²) in [5.41, 5.74) is 9.43. The second kappa shape index (κ2) is 5.52. The molecule has 0 unspecified atom stereocenters. The van der Waals surface area contributed by atoms with Crippen LogP contribution in [0.3, 0.4) is 0 Å². The minimum atomic E-state index is 0.00732. The van der Waals surface area contributed by atoms with Gasteiger partial charge in [0.05, 0.1) is 0 Å². The van der Waals surface area contributed by atoms with Crippen LogP contribution < -0.4 is 10.6 Å². The fourth-order valence-electron chi connectivity index (χ4n) is 1.95. The summed E-state index contributed by atoms with van der Waals surface area (Å²) in [6.45, 7) is 2.74. The van der Waals surface area contributed by atoms with E-state index in [0.717, 1.165) is 11.3 Å². The summed E-state index contributed by atoms with van der Waals surface area (Å²) in [6.07, 6.45) is 1.66. The number of hydrogen-bond donors (Lipinski definition) is 2. The van der Waals surface area contributed by atoms with Gasteiger partial charge in [-0.1, -0.05) is 23.8 Å². The number of rotatable bonds is 4. The molecule has 0 atom stereocenters. The van der Waals surface area contributed by atoms with Gasteiger partial charge in [0.25, 0.3) is 0 Å². The van der Waals surface area contributed by atoms with E-state index in [1.165, 1.54) is 5.56 Å². The highest BCUT2D eigenvalue weighted by molar-refractivity contribution is 5.94. The van der Waals surface area contributed by atoms with Gasteiger partial charge in [0.1, 0.15) is 11.5 Å². The van der Waals surface area contributed by atoms with Crippen LogP contribution in [0.5, 0.6) is 0 Å². The Morgan fingerprint density at radius 3 is 2.58 bits per heavy atom. The summed E-state index contributed by atoms with van der Waals surface area (Å²) in [4.78, 5) is 6.28. The van der Waals surface area contributed by atoms with E-state index in [-0.39, 0.29) is 5.84 Å². The lowest BCUT2D eigenvalue weighted by Crippen LogP contribution is -2.22. The van der Waals surface area contributed by atoms with Crippen molar-refractivity contribution in [1.82, 2.24) is 4.98 Å². The molecule has 0 amide bonds. The van der Waals surface area contributed by atoms with Crippen molar-refractivity contribution in [2.75, 3.05) is 11.9 Å². The summed E-state index contributed by atoms with van der Waals surface area (Å²) in [5, 5.41) is 7.55. The Morgan fingerprint density at radius 2 is 1.95 bits per heavy atom. The number of benzene rings is 1. The molecule has 2 aromatic rings. The molecule has 1 heterocycles. The summed E-state index contributed by atoms with van der Waals surface area (Å²) in [7, 11) is 2.02. The molecule has 0 aliphatic carbocycles. The molecule has 0 aliphatic heterocycles. The third-order valence-electron chi connectivity index (χ3n) is 3.03. The van der Waals surface area contributed by atoms with Crippen LogP contribution in [-0.4, -0.2) is 17.9 Å². The van der Waals surface area contributed by atoms with E-state index in [2.05, 4.69) is 41.1 Å². The van der Waals surface area contributed by atoms with Crippen LogP contribution in [0.25, 0.3) is 0 Å². The number of nitrogen functional groups attached to an aromatic ring is 1. The van der Waals surface area contributed by atoms with Crippen molar-refractivity contribution in [1.29, 1.82) is 5.41 Å². The largest absolute Gasteiger partial charge is 0.382 e. The number of pyridine rings is 1. The van der Waals surface area contributed by atoms with Gasteiger partial charge in [-0.2, -0.15) is 0 Å². The zero-order chi connectivity index (χ0) is 13.8. The molecule has 98 valence electrons. The van der Waals surface area contributed by atoms with Crippen molar-refractivity contribution >= 4 is 11.5 Å². The lowest BCUT2D eigenvalue weighted by atomic mass is 10.1. The maximum atomic E-state index is 7.55. The summed E-state index contributed by atoms with van der Waals surface area (Å²) < 4.78 is 0. The maximum Gasteiger partial charge on any atom is 0.142 e. The average molecular weight is 254 g/mol. The molecule has 0 radical (unpaired) electrons. The molecule has 2 rings (SSSR count). The van der Waals surface area contributed by atoms with Crippen LogP contribution in [0.1, 0.15) is 16.8 Å². The third kappa shape index (κ3) is 3.10. The first-order chi connectivity index (χ1) is 9.08. The van der Waals surface area contributed by atoms with E-state index >= 15 is 0 Å². The maximum absolute atomic E-state index is 7.55. The molecule has 0 saturated carbocycles. The Balaban J connectivity index is 2.21. The van der Waals surface area contributed by atoms with E-state index in [4.69, 9.17) is 11.1 Å². The van der Waals surface area contributed by atoms with Crippen LogP contribution in [0, 0.1) is 12.3 Å². The molecular weight excluding hydrogens is 236 g/mol. The minimum Gasteiger partial charge on any atom is -0.382 e. The first-order valence-electron chi connectivity index (χ1n) is 6.14. The van der Waals surface area contributed by atoms with Gasteiger partial charge in [0.15, 0.2) is 0 Å². The minimum absolute atomic E-state index is 0.00732. The van der Waals surface area contributed by atoms with Gasteiger partial charge in [0.2, 0.25) is 0 Å². The highest BCUT2D eigenvalue weighted by atomic mass is 15.1. The van der Waals surface area contributed by atoms with Crippen LogP contribution in [0.15, 0.2) is 42.6 Å². The number of aryl methyl sites for hydroxylation is 1. The van der Waals surface area contributed by atoms with Crippen molar-refractivity contribution in [2.24, 2.45) is 5.73 Å². The molecule has 4 heteroatoms. The first kappa shape index (κ1) is 13.1. The lowest BCUT2D eigenvalue weighted by molar-refractivity contribution is 0.910. The first-order valence-corrected chi connectivity index (χ1v) is 6.14. The Labute approximate surface area is 113 Å². The second-order valence-corrected chi connectivity index (χ2v) is 4.62. The van der Waals surface area contributed by atoms with Gasteiger partial charge in [-0.25, -0.2) is 0 Å². The van der Waals surface area contributed by atoms with E-state index in [9.17, 15) is 0 Å². The van der Waals surface area contributed by atoms with Gasteiger partial charge in [-0.05, 0) is 25.1 Å². The van der Waals surface area contributed by atoms with Crippen molar-refractivity contribution in [3.05, 3.63) is 59.4 Å². The predicted octanol–water partition coefficient (Wildman–Crippen LogP) is 2.31. The van der Waals surface area contributed by atoms with Crippen LogP contribution in [-0.2, 0) is 6.54 Å². The summed E-state index contributed by atoms with van der Waals surface area (Å²) in [6, 6.07) is 12.2. The van der Waals surface area contributed by atoms with Crippen molar-refractivity contribution in [3.63, 3.8) is 0 Å². The van der Waals surface area contributed by atoms with Gasteiger partial charge >= 0.3 is 0 Å². The Morgan fingerprint density at radius 1 is 1.26 bits per heavy atom. The summed E-state index contributed by atoms with van der Waals surface area (Å²) in [5.74, 6) is 0.00732. The molecule has 0 saturated heterocycles. The van der Waals surface area contributed by atoms with E-state index in [1.807, 2.05) is 19.2 Å². The molecule has 19 heavy (non-hydrogen) atoms. The number of nitrogens with one attached hydrogen (secondary N) is 1. The van der Waals surface area contributed by atoms with E-state index < -0.39 is 0 Å². The number of amidine groups is 1. The fourth-order valence-corrected chi connectivity index (χ4v) is 1.95. The molecule has 0 fully saturated rings. The molecule has 0 spiro atoms. The molecule has 0 bridgehead atoms. The van der Waals surface area contributed by atoms with Gasteiger partial charge in [0, 0.05) is 31.0 Å². The van der Waals surface area contributed by atoms with Crippen LogP contribution >= 0.6 is 0 Å². The van der Waals surface area contributed by atoms with Gasteiger partial charge in [-0.3, -0.25) is 10.4 Å². The van der Waals surface area contributed by atoms with Gasteiger partial charge in [-0.15, -0.1) is 0 Å². The van der Waals surface area contributed by atoms with Crippen molar-refractivity contribution in [2.45, 2.75) is 13.5 Å². The van der Waals surface area contributed by atoms with Gasteiger partial charge < -0.3 is 10.6 Å². The zero-order valence-corrected chi connectivity index (χ0v) is 11.2. The quantitative estimate of drug-likeness (QED) is 0.650. The van der Waals surface area contributed by atoms with Crippen molar-refractivity contribution < 1.29 is 0 Å². The average Bonchev–Trinajstić information content (AvgIpc) is 2.39. The second-order valence-electron chi connectivity index (χ2n) is 4.62. The molecule has 0 aliphatic rings. The van der Waals surface area contributed by atoms with E-state index in [1.54, 1.807) is 6.20 Å². The van der Waals surface area contributed by atoms with Crippen molar-refractivity contribution in [3.8, 4) is 0 Å². The number of nitrogens with two attached hydrogens (primary N) is 1. The topological polar surface area (TPSA) is 66.0 Å². The number of nitrogens with zero attached hydrogens (tertiary/aromatic N) is 2. The Bertz CT molecular complexity index is 575. The highest BCUT2D eigenvalue weighted by Gasteiger charge is 2.09. The predicted molar refractivity (Wildman–Crippen MR) is 78.5 cm³/mol. The molecule has 1 aromatic carbocycles. The Hall–Kier alpha value is -2.36. The van der Waals surface area contributed by atoms with Crippen LogP contribution in [0.4, 0.5) is 5.69 Å². The van der Waals surface area contributed by atoms with Crippen LogP contribution in [0.2, 0.25) is 0 Å². The SMILES string of the molecule is Cc1ccc(N(C)Cc2cccnc2C(=N)N)cc1. The number of aromatic nitrogens is 1. The standard InChI is InChI=1S/C15H18N4/c1-11-5-7-13(8-6-11)19(2)10-12-4-3-9-18-14(12)15(16)17/h3-9H,10H2,1-2H3,(H3,16,17).